The van der Waals surface area contributed by atoms with E-state index in [2.05, 4.69) is 9.72 Å². The van der Waals surface area contributed by atoms with Gasteiger partial charge in [0, 0.05) is 18.9 Å². The Bertz CT molecular complexity index is 489. The first-order valence-electron chi connectivity index (χ1n) is 5.91. The molecule has 1 amide bonds. The summed E-state index contributed by atoms with van der Waals surface area (Å²) in [5.74, 6) is -2.84. The fourth-order valence-electron chi connectivity index (χ4n) is 1.65. The smallest absolute Gasteiger partial charge is 0.328 e. The number of carbonyl (C=O) groups is 3. The first-order valence-corrected chi connectivity index (χ1v) is 5.91. The van der Waals surface area contributed by atoms with Crippen LogP contribution in [0, 0.1) is 0 Å². The molecule has 1 rings (SSSR count). The molecule has 0 radical (unpaired) electrons. The molecule has 0 aliphatic rings. The topological polar surface area (TPSA) is 99.6 Å². The summed E-state index contributed by atoms with van der Waals surface area (Å²) >= 11 is 0. The number of methoxy groups -OCH3 is 1. The van der Waals surface area contributed by atoms with Crippen LogP contribution in [-0.2, 0) is 25.7 Å². The highest BCUT2D eigenvalue weighted by molar-refractivity contribution is 5.94. The van der Waals surface area contributed by atoms with Crippen LogP contribution in [0.5, 0.6) is 0 Å². The molecule has 1 aromatic heterocycles. The van der Waals surface area contributed by atoms with Gasteiger partial charge in [-0.05, 0) is 18.6 Å². The summed E-state index contributed by atoms with van der Waals surface area (Å²) < 4.78 is 4.57. The third-order valence-electron chi connectivity index (χ3n) is 2.70. The number of ether oxygens (including phenoxy) is 1. The zero-order chi connectivity index (χ0) is 15.1. The number of carboxylic acid groups (broad SMARTS) is 1. The average Bonchev–Trinajstić information content (AvgIpc) is 2.43. The minimum absolute atomic E-state index is 0.0657. The summed E-state index contributed by atoms with van der Waals surface area (Å²) in [4.78, 5) is 39.0. The van der Waals surface area contributed by atoms with Gasteiger partial charge in [0.15, 0.2) is 0 Å². The molecule has 1 aromatic rings. The Morgan fingerprint density at radius 1 is 1.45 bits per heavy atom. The van der Waals surface area contributed by atoms with Crippen molar-refractivity contribution < 1.29 is 24.2 Å². The molecule has 1 heterocycles. The molecular weight excluding hydrogens is 264 g/mol. The monoisotopic (exact) mass is 279 g/mol. The Labute approximate surface area is 116 Å². The van der Waals surface area contributed by atoms with Gasteiger partial charge in [0.2, 0.25) is 5.91 Å². The van der Waals surface area contributed by atoms with Gasteiger partial charge in [0.05, 0.1) is 19.5 Å². The van der Waals surface area contributed by atoms with Crippen molar-refractivity contribution in [2.24, 2.45) is 0 Å². The van der Waals surface area contributed by atoms with E-state index in [9.17, 15) is 19.5 Å². The molecule has 0 spiro atoms. The van der Waals surface area contributed by atoms with E-state index in [0.717, 1.165) is 4.90 Å². The lowest BCUT2D eigenvalue weighted by molar-refractivity contribution is -0.304. The van der Waals surface area contributed by atoms with Gasteiger partial charge in [0.1, 0.15) is 6.04 Å². The highest BCUT2D eigenvalue weighted by Crippen LogP contribution is 2.10. The molecular formula is C13H15N2O5-. The first-order chi connectivity index (χ1) is 9.45. The molecule has 0 saturated carbocycles. The molecule has 7 nitrogen and oxygen atoms in total. The number of hydrogen-bond acceptors (Lipinski definition) is 6. The molecule has 7 heteroatoms. The van der Waals surface area contributed by atoms with E-state index < -0.39 is 30.3 Å². The predicted octanol–water partition coefficient (Wildman–Crippen LogP) is -0.888. The number of aliphatic carboxylic acids is 1. The molecule has 0 saturated heterocycles. The Hall–Kier alpha value is -2.44. The van der Waals surface area contributed by atoms with E-state index in [-0.39, 0.29) is 6.54 Å². The van der Waals surface area contributed by atoms with Gasteiger partial charge in [-0.25, -0.2) is 4.79 Å². The fraction of sp³-hybridized carbons (Fsp3) is 0.385. The van der Waals surface area contributed by atoms with Gasteiger partial charge >= 0.3 is 5.97 Å². The summed E-state index contributed by atoms with van der Waals surface area (Å²) in [6, 6.07) is 2.50. The van der Waals surface area contributed by atoms with E-state index in [0.29, 0.717) is 5.56 Å². The van der Waals surface area contributed by atoms with E-state index in [1.807, 2.05) is 0 Å². The number of esters is 1. The molecule has 0 aromatic carbocycles. The van der Waals surface area contributed by atoms with Crippen LogP contribution in [0.15, 0.2) is 24.5 Å². The number of aromatic nitrogens is 1. The maximum atomic E-state index is 11.9. The van der Waals surface area contributed by atoms with Crippen LogP contribution in [0.25, 0.3) is 0 Å². The van der Waals surface area contributed by atoms with Crippen molar-refractivity contribution >= 4 is 17.8 Å². The minimum Gasteiger partial charge on any atom is -0.550 e. The number of hydrogen-bond donors (Lipinski definition) is 0. The normalized spacial score (nSPS) is 11.5. The highest BCUT2D eigenvalue weighted by Gasteiger charge is 2.26. The maximum absolute atomic E-state index is 11.9. The van der Waals surface area contributed by atoms with Gasteiger partial charge in [-0.3, -0.25) is 9.78 Å². The lowest BCUT2D eigenvalue weighted by atomic mass is 10.2. The zero-order valence-corrected chi connectivity index (χ0v) is 11.2. The van der Waals surface area contributed by atoms with Crippen molar-refractivity contribution in [1.29, 1.82) is 0 Å². The number of amides is 1. The standard InChI is InChI=1S/C13H16N2O5/c1-9(13(19)20-2)15(11(16)6-12(17)18)8-10-4-3-5-14-7-10/h3-5,7,9H,6,8H2,1-2H3,(H,17,18)/p-1. The summed E-state index contributed by atoms with van der Waals surface area (Å²) in [6.45, 7) is 1.53. The fourth-order valence-corrected chi connectivity index (χ4v) is 1.65. The van der Waals surface area contributed by atoms with Crippen molar-refractivity contribution in [2.75, 3.05) is 7.11 Å². The van der Waals surface area contributed by atoms with E-state index in [1.165, 1.54) is 20.2 Å². The summed E-state index contributed by atoms with van der Waals surface area (Å²) in [6.07, 6.45) is 2.31. The number of rotatable bonds is 6. The maximum Gasteiger partial charge on any atom is 0.328 e. The summed E-state index contributed by atoms with van der Waals surface area (Å²) in [5.41, 5.74) is 0.676. The van der Waals surface area contributed by atoms with E-state index in [1.54, 1.807) is 18.3 Å². The Morgan fingerprint density at radius 3 is 2.65 bits per heavy atom. The number of carboxylic acids is 1. The zero-order valence-electron chi connectivity index (χ0n) is 11.2. The van der Waals surface area contributed by atoms with Crippen molar-refractivity contribution in [3.8, 4) is 0 Å². The third kappa shape index (κ3) is 4.34. The Morgan fingerprint density at radius 2 is 2.15 bits per heavy atom. The summed E-state index contributed by atoms with van der Waals surface area (Å²) in [5, 5.41) is 10.5. The Balaban J connectivity index is 2.92. The van der Waals surface area contributed by atoms with Crippen LogP contribution in [0.3, 0.4) is 0 Å². The molecule has 1 unspecified atom stereocenters. The largest absolute Gasteiger partial charge is 0.550 e. The lowest BCUT2D eigenvalue weighted by Gasteiger charge is -2.27. The predicted molar refractivity (Wildman–Crippen MR) is 65.9 cm³/mol. The molecule has 20 heavy (non-hydrogen) atoms. The lowest BCUT2D eigenvalue weighted by Crippen LogP contribution is -2.45. The molecule has 0 N–H and O–H groups in total. The quantitative estimate of drug-likeness (QED) is 0.495. The van der Waals surface area contributed by atoms with Crippen molar-refractivity contribution in [3.63, 3.8) is 0 Å². The van der Waals surface area contributed by atoms with Gasteiger partial charge in [-0.1, -0.05) is 6.07 Å². The average molecular weight is 279 g/mol. The van der Waals surface area contributed by atoms with Crippen molar-refractivity contribution in [3.05, 3.63) is 30.1 Å². The van der Waals surface area contributed by atoms with Crippen molar-refractivity contribution in [1.82, 2.24) is 9.88 Å². The first kappa shape index (κ1) is 15.6. The van der Waals surface area contributed by atoms with E-state index >= 15 is 0 Å². The molecule has 0 aliphatic carbocycles. The number of pyridine rings is 1. The van der Waals surface area contributed by atoms with Crippen LogP contribution >= 0.6 is 0 Å². The van der Waals surface area contributed by atoms with Crippen LogP contribution in [-0.4, -0.2) is 40.9 Å². The van der Waals surface area contributed by atoms with E-state index in [4.69, 9.17) is 0 Å². The molecule has 108 valence electrons. The Kier molecular flexibility index (Phi) is 5.64. The highest BCUT2D eigenvalue weighted by atomic mass is 16.5. The second kappa shape index (κ2) is 7.22. The molecule has 0 bridgehead atoms. The number of nitrogens with zero attached hydrogens (tertiary/aromatic N) is 2. The third-order valence-corrected chi connectivity index (χ3v) is 2.70. The number of carbonyl (C=O) groups excluding carboxylic acids is 3. The van der Waals surface area contributed by atoms with Crippen molar-refractivity contribution in [2.45, 2.75) is 25.9 Å². The van der Waals surface area contributed by atoms with Crippen LogP contribution in [0.2, 0.25) is 0 Å². The molecule has 0 fully saturated rings. The second-order valence-corrected chi connectivity index (χ2v) is 4.13. The summed E-state index contributed by atoms with van der Waals surface area (Å²) in [7, 11) is 1.20. The molecule has 1 atom stereocenters. The van der Waals surface area contributed by atoms with Gasteiger partial charge in [0.25, 0.3) is 0 Å². The second-order valence-electron chi connectivity index (χ2n) is 4.13. The van der Waals surface area contributed by atoms with Gasteiger partial charge in [-0.15, -0.1) is 0 Å². The van der Waals surface area contributed by atoms with Gasteiger partial charge < -0.3 is 19.5 Å². The van der Waals surface area contributed by atoms with Crippen LogP contribution in [0.1, 0.15) is 18.9 Å². The van der Waals surface area contributed by atoms with Gasteiger partial charge in [-0.2, -0.15) is 0 Å². The SMILES string of the molecule is COC(=O)C(C)N(Cc1cccnc1)C(=O)CC(=O)[O-]. The minimum atomic E-state index is -1.50. The molecule has 0 aliphatic heterocycles. The van der Waals surface area contributed by atoms with Crippen LogP contribution < -0.4 is 5.11 Å². The van der Waals surface area contributed by atoms with Crippen LogP contribution in [0.4, 0.5) is 0 Å².